The van der Waals surface area contributed by atoms with Gasteiger partial charge in [-0.05, 0) is 49.4 Å². The predicted octanol–water partition coefficient (Wildman–Crippen LogP) is 3.82. The lowest BCUT2D eigenvalue weighted by Crippen LogP contribution is -2.45. The first-order valence-electron chi connectivity index (χ1n) is 8.67. The molecule has 0 aromatic heterocycles. The average molecular weight is 319 g/mol. The molecule has 3 nitrogen and oxygen atoms in total. The highest BCUT2D eigenvalue weighted by molar-refractivity contribution is 5.78. The van der Waals surface area contributed by atoms with Crippen molar-refractivity contribution in [3.63, 3.8) is 0 Å². The number of likely N-dealkylation sites (tertiary alicyclic amines) is 1. The van der Waals surface area contributed by atoms with Gasteiger partial charge in [-0.25, -0.2) is 4.39 Å². The van der Waals surface area contributed by atoms with E-state index < -0.39 is 0 Å². The molecule has 4 heteroatoms. The van der Waals surface area contributed by atoms with Gasteiger partial charge < -0.3 is 9.64 Å². The van der Waals surface area contributed by atoms with E-state index in [2.05, 4.69) is 0 Å². The maximum atomic E-state index is 13.8. The van der Waals surface area contributed by atoms with Crippen LogP contribution in [0.15, 0.2) is 18.2 Å². The topological polar surface area (TPSA) is 29.5 Å². The van der Waals surface area contributed by atoms with Crippen LogP contribution in [0, 0.1) is 11.7 Å². The molecule has 1 saturated heterocycles. The molecule has 0 bridgehead atoms. The van der Waals surface area contributed by atoms with Crippen molar-refractivity contribution in [3.05, 3.63) is 35.1 Å². The van der Waals surface area contributed by atoms with Crippen molar-refractivity contribution in [1.29, 1.82) is 0 Å². The fourth-order valence-electron chi connectivity index (χ4n) is 4.19. The van der Waals surface area contributed by atoms with Crippen molar-refractivity contribution in [3.8, 4) is 0 Å². The summed E-state index contributed by atoms with van der Waals surface area (Å²) < 4.78 is 19.7. The number of halogens is 1. The molecule has 0 saturated carbocycles. The maximum absolute atomic E-state index is 13.8. The van der Waals surface area contributed by atoms with E-state index in [1.54, 1.807) is 6.07 Å². The van der Waals surface area contributed by atoms with Crippen LogP contribution in [-0.4, -0.2) is 30.5 Å². The first-order chi connectivity index (χ1) is 11.0. The zero-order chi connectivity index (χ0) is 16.6. The maximum Gasteiger partial charge on any atom is 0.225 e. The number of hydrogen-bond donors (Lipinski definition) is 0. The summed E-state index contributed by atoms with van der Waals surface area (Å²) in [5.41, 5.74) is 2.20. The second kappa shape index (κ2) is 6.23. The van der Waals surface area contributed by atoms with E-state index in [1.165, 1.54) is 6.07 Å². The summed E-state index contributed by atoms with van der Waals surface area (Å²) in [7, 11) is 0. The first kappa shape index (κ1) is 16.4. The summed E-state index contributed by atoms with van der Waals surface area (Å²) in [6, 6.07) is 5.10. The highest BCUT2D eigenvalue weighted by Gasteiger charge is 2.46. The fraction of sp³-hybridized carbons (Fsp3) is 0.632. The Morgan fingerprint density at radius 3 is 2.70 bits per heavy atom. The monoisotopic (exact) mass is 319 g/mol. The third-order valence-electron chi connectivity index (χ3n) is 5.40. The lowest BCUT2D eigenvalue weighted by Gasteiger charge is -2.40. The van der Waals surface area contributed by atoms with E-state index >= 15 is 0 Å². The molecule has 1 spiro atoms. The lowest BCUT2D eigenvalue weighted by molar-refractivity contribution is -0.136. The SMILES string of the molecule is CCOC1CC2(CCN(C(=O)C(C)C)CC2)c2cc(F)ccc21. The molecule has 0 radical (unpaired) electrons. The van der Waals surface area contributed by atoms with E-state index in [0.29, 0.717) is 6.61 Å². The summed E-state index contributed by atoms with van der Waals surface area (Å²) in [6.07, 6.45) is 2.75. The molecule has 1 aliphatic heterocycles. The van der Waals surface area contributed by atoms with Gasteiger partial charge in [0, 0.05) is 31.0 Å². The van der Waals surface area contributed by atoms with E-state index in [-0.39, 0.29) is 29.2 Å². The molecular weight excluding hydrogens is 293 g/mol. The number of carbonyl (C=O) groups excluding carboxylic acids is 1. The number of piperidine rings is 1. The molecule has 1 aromatic rings. The number of rotatable bonds is 3. The third-order valence-corrected chi connectivity index (χ3v) is 5.40. The molecule has 3 rings (SSSR count). The van der Waals surface area contributed by atoms with Crippen LogP contribution in [0.1, 0.15) is 57.3 Å². The Balaban J connectivity index is 1.84. The van der Waals surface area contributed by atoms with Crippen LogP contribution in [0.4, 0.5) is 4.39 Å². The molecule has 1 atom stereocenters. The second-order valence-electron chi connectivity index (χ2n) is 7.14. The Kier molecular flexibility index (Phi) is 4.45. The third kappa shape index (κ3) is 2.89. The van der Waals surface area contributed by atoms with Crippen molar-refractivity contribution in [2.24, 2.45) is 5.92 Å². The van der Waals surface area contributed by atoms with E-state index in [0.717, 1.165) is 43.5 Å². The van der Waals surface area contributed by atoms with Gasteiger partial charge in [-0.1, -0.05) is 19.9 Å². The molecule has 1 aliphatic carbocycles. The van der Waals surface area contributed by atoms with Crippen LogP contribution in [0.3, 0.4) is 0 Å². The quantitative estimate of drug-likeness (QED) is 0.847. The summed E-state index contributed by atoms with van der Waals surface area (Å²) in [4.78, 5) is 14.2. The number of carbonyl (C=O) groups is 1. The van der Waals surface area contributed by atoms with Gasteiger partial charge in [0.1, 0.15) is 5.82 Å². The molecule has 1 unspecified atom stereocenters. The summed E-state index contributed by atoms with van der Waals surface area (Å²) in [5, 5.41) is 0. The lowest BCUT2D eigenvalue weighted by atomic mass is 9.73. The minimum absolute atomic E-state index is 0.0357. The minimum Gasteiger partial charge on any atom is -0.374 e. The molecule has 126 valence electrons. The van der Waals surface area contributed by atoms with Gasteiger partial charge in [-0.15, -0.1) is 0 Å². The number of ether oxygens (including phenoxy) is 1. The van der Waals surface area contributed by atoms with Crippen molar-refractivity contribution in [2.75, 3.05) is 19.7 Å². The van der Waals surface area contributed by atoms with Gasteiger partial charge in [0.15, 0.2) is 0 Å². The van der Waals surface area contributed by atoms with Crippen molar-refractivity contribution in [1.82, 2.24) is 4.90 Å². The zero-order valence-electron chi connectivity index (χ0n) is 14.3. The minimum atomic E-state index is -0.180. The Morgan fingerprint density at radius 1 is 1.39 bits per heavy atom. The summed E-state index contributed by atoms with van der Waals surface area (Å²) in [6.45, 7) is 8.06. The highest BCUT2D eigenvalue weighted by atomic mass is 19.1. The average Bonchev–Trinajstić information content (AvgIpc) is 2.81. The molecule has 1 heterocycles. The smallest absolute Gasteiger partial charge is 0.225 e. The van der Waals surface area contributed by atoms with Crippen LogP contribution >= 0.6 is 0 Å². The molecule has 2 aliphatic rings. The van der Waals surface area contributed by atoms with Crippen LogP contribution in [0.5, 0.6) is 0 Å². The standard InChI is InChI=1S/C19H26FNO2/c1-4-23-17-12-19(16-11-14(20)5-6-15(16)17)7-9-21(10-8-19)18(22)13(2)3/h5-6,11,13,17H,4,7-10,12H2,1-3H3. The van der Waals surface area contributed by atoms with Crippen LogP contribution in [0.2, 0.25) is 0 Å². The molecular formula is C19H26FNO2. The van der Waals surface area contributed by atoms with Gasteiger partial charge >= 0.3 is 0 Å². The van der Waals surface area contributed by atoms with Crippen molar-refractivity contribution >= 4 is 5.91 Å². The summed E-state index contributed by atoms with van der Waals surface area (Å²) >= 11 is 0. The van der Waals surface area contributed by atoms with Crippen LogP contribution < -0.4 is 0 Å². The van der Waals surface area contributed by atoms with Gasteiger partial charge in [0.2, 0.25) is 5.91 Å². The Morgan fingerprint density at radius 2 is 2.09 bits per heavy atom. The highest BCUT2D eigenvalue weighted by Crippen LogP contribution is 2.52. The zero-order valence-corrected chi connectivity index (χ0v) is 14.3. The number of fused-ring (bicyclic) bond motifs is 2. The van der Waals surface area contributed by atoms with Gasteiger partial charge in [-0.2, -0.15) is 0 Å². The Labute approximate surface area is 137 Å². The van der Waals surface area contributed by atoms with Gasteiger partial charge in [-0.3, -0.25) is 4.79 Å². The molecule has 1 fully saturated rings. The van der Waals surface area contributed by atoms with E-state index in [4.69, 9.17) is 4.74 Å². The first-order valence-corrected chi connectivity index (χ1v) is 8.67. The molecule has 1 amide bonds. The predicted molar refractivity (Wildman–Crippen MR) is 87.7 cm³/mol. The fourth-order valence-corrected chi connectivity index (χ4v) is 4.19. The van der Waals surface area contributed by atoms with Crippen LogP contribution in [0.25, 0.3) is 0 Å². The van der Waals surface area contributed by atoms with Crippen molar-refractivity contribution in [2.45, 2.75) is 51.6 Å². The van der Waals surface area contributed by atoms with Crippen LogP contribution in [-0.2, 0) is 14.9 Å². The van der Waals surface area contributed by atoms with Gasteiger partial charge in [0.05, 0.1) is 6.10 Å². The molecule has 23 heavy (non-hydrogen) atoms. The normalized spacial score (nSPS) is 22.7. The number of nitrogens with zero attached hydrogens (tertiary/aromatic N) is 1. The largest absolute Gasteiger partial charge is 0.374 e. The Bertz CT molecular complexity index is 591. The van der Waals surface area contributed by atoms with Crippen molar-refractivity contribution < 1.29 is 13.9 Å². The number of amides is 1. The number of hydrogen-bond acceptors (Lipinski definition) is 2. The van der Waals surface area contributed by atoms with E-state index in [1.807, 2.05) is 31.7 Å². The van der Waals surface area contributed by atoms with Gasteiger partial charge in [0.25, 0.3) is 0 Å². The Hall–Kier alpha value is -1.42. The second-order valence-corrected chi connectivity index (χ2v) is 7.14. The molecule has 0 N–H and O–H groups in total. The number of benzene rings is 1. The summed E-state index contributed by atoms with van der Waals surface area (Å²) in [5.74, 6) is 0.0770. The van der Waals surface area contributed by atoms with E-state index in [9.17, 15) is 9.18 Å². The molecule has 1 aromatic carbocycles.